The zero-order valence-electron chi connectivity index (χ0n) is 16.6. The van der Waals surface area contributed by atoms with E-state index in [-0.39, 0.29) is 12.8 Å². The molecule has 2 N–H and O–H groups in total. The number of anilines is 1. The minimum absolute atomic E-state index is 0.121. The predicted octanol–water partition coefficient (Wildman–Crippen LogP) is 0.728. The van der Waals surface area contributed by atoms with Crippen molar-refractivity contribution in [2.24, 2.45) is 5.41 Å². The van der Waals surface area contributed by atoms with Crippen LogP contribution in [0.5, 0.6) is 11.5 Å². The molecule has 156 valence electrons. The molecule has 8 rings (SSSR count). The number of esters is 1. The maximum Gasteiger partial charge on any atom is 0.348 e. The van der Waals surface area contributed by atoms with Crippen LogP contribution in [0.25, 0.3) is 0 Å². The minimum atomic E-state index is -2.29. The third kappa shape index (κ3) is 1.36. The normalized spacial score (nSPS) is 43.8. The Hall–Kier alpha value is -2.58. The summed E-state index contributed by atoms with van der Waals surface area (Å²) in [6, 6.07) is 3.78. The van der Waals surface area contributed by atoms with Crippen molar-refractivity contribution >= 4 is 17.4 Å². The van der Waals surface area contributed by atoms with Crippen molar-refractivity contribution in [3.63, 3.8) is 0 Å². The molecule has 3 saturated carbocycles. The molecule has 0 radical (unpaired) electrons. The van der Waals surface area contributed by atoms with Gasteiger partial charge in [-0.3, -0.25) is 9.69 Å². The molecule has 5 atom stereocenters. The van der Waals surface area contributed by atoms with Crippen molar-refractivity contribution in [1.82, 2.24) is 4.90 Å². The van der Waals surface area contributed by atoms with E-state index in [2.05, 4.69) is 10.2 Å². The summed E-state index contributed by atoms with van der Waals surface area (Å²) in [5.74, 6) is -0.127. The fourth-order valence-corrected chi connectivity index (χ4v) is 7.85. The van der Waals surface area contributed by atoms with E-state index in [1.165, 1.54) is 7.11 Å². The molecular weight excluding hydrogens is 388 g/mol. The SMILES string of the molecule is COC(=O)C1(O)C(=O)C23C=CCN4CCC5(c6ccc7c(c6NC15CC2)OCO7)C43. The monoisotopic (exact) mass is 410 g/mol. The average Bonchev–Trinajstić information content (AvgIpc) is 3.47. The van der Waals surface area contributed by atoms with Crippen LogP contribution in [0.1, 0.15) is 24.8 Å². The molecule has 4 aliphatic heterocycles. The number of rotatable bonds is 1. The van der Waals surface area contributed by atoms with Crippen LogP contribution < -0.4 is 14.8 Å². The fourth-order valence-electron chi connectivity index (χ4n) is 7.85. The smallest absolute Gasteiger partial charge is 0.348 e. The van der Waals surface area contributed by atoms with E-state index in [1.807, 2.05) is 24.3 Å². The van der Waals surface area contributed by atoms with E-state index in [4.69, 9.17) is 14.2 Å². The molecule has 3 aliphatic carbocycles. The lowest BCUT2D eigenvalue weighted by molar-refractivity contribution is -0.206. The maximum atomic E-state index is 14.0. The van der Waals surface area contributed by atoms with Crippen molar-refractivity contribution in [2.45, 2.75) is 41.9 Å². The van der Waals surface area contributed by atoms with Crippen LogP contribution in [0.4, 0.5) is 5.69 Å². The van der Waals surface area contributed by atoms with Crippen LogP contribution in [0.3, 0.4) is 0 Å². The van der Waals surface area contributed by atoms with Gasteiger partial charge in [0.15, 0.2) is 17.3 Å². The standard InChI is InChI=1S/C22H22N2O6/c1-28-18(26)22(27)17(25)19-5-2-9-24-10-8-20(16(19)24)12-3-4-13-15(30-11-29-13)14(12)23-21(20,22)7-6-19/h2-5,16,23,27H,6-11H2,1H3. The summed E-state index contributed by atoms with van der Waals surface area (Å²) in [4.78, 5) is 29.4. The quantitative estimate of drug-likeness (QED) is 0.397. The van der Waals surface area contributed by atoms with Gasteiger partial charge in [0.05, 0.1) is 23.8 Å². The van der Waals surface area contributed by atoms with Gasteiger partial charge in [-0.05, 0) is 37.4 Å². The van der Waals surface area contributed by atoms with Gasteiger partial charge in [-0.1, -0.05) is 18.2 Å². The second kappa shape index (κ2) is 4.84. The third-order valence-corrected chi connectivity index (χ3v) is 8.75. The Labute approximate surface area is 172 Å². The van der Waals surface area contributed by atoms with E-state index in [0.29, 0.717) is 24.3 Å². The summed E-state index contributed by atoms with van der Waals surface area (Å²) in [5, 5.41) is 15.5. The predicted molar refractivity (Wildman–Crippen MR) is 103 cm³/mol. The molecule has 1 saturated heterocycles. The number of ketones is 1. The lowest BCUT2D eigenvalue weighted by Crippen LogP contribution is -2.87. The number of hydrogen-bond donors (Lipinski definition) is 2. The van der Waals surface area contributed by atoms with Crippen LogP contribution in [0.15, 0.2) is 24.3 Å². The average molecular weight is 410 g/mol. The molecule has 0 aromatic heterocycles. The number of aliphatic hydroxyl groups is 1. The van der Waals surface area contributed by atoms with Gasteiger partial charge in [0.2, 0.25) is 12.4 Å². The van der Waals surface area contributed by atoms with E-state index in [0.717, 1.165) is 30.8 Å². The third-order valence-electron chi connectivity index (χ3n) is 8.75. The number of carbonyl (C=O) groups is 2. The van der Waals surface area contributed by atoms with Gasteiger partial charge in [-0.25, -0.2) is 4.79 Å². The van der Waals surface area contributed by atoms with E-state index in [1.54, 1.807) is 0 Å². The van der Waals surface area contributed by atoms with Crippen LogP contribution >= 0.6 is 0 Å². The number of hydrogen-bond acceptors (Lipinski definition) is 8. The molecule has 5 unspecified atom stereocenters. The maximum absolute atomic E-state index is 14.0. The Morgan fingerprint density at radius 2 is 2.17 bits per heavy atom. The van der Waals surface area contributed by atoms with Crippen LogP contribution in [-0.4, -0.2) is 65.9 Å². The first-order chi connectivity index (χ1) is 14.5. The number of Topliss-reactive ketones (excluding diaryl/α,β-unsaturated/α-hetero) is 1. The summed E-state index contributed by atoms with van der Waals surface area (Å²) < 4.78 is 16.4. The minimum Gasteiger partial charge on any atom is -0.466 e. The Morgan fingerprint density at radius 3 is 3.00 bits per heavy atom. The summed E-state index contributed by atoms with van der Waals surface area (Å²) >= 11 is 0. The number of ether oxygens (including phenoxy) is 3. The molecule has 1 aromatic rings. The Balaban J connectivity index is 1.60. The van der Waals surface area contributed by atoms with E-state index >= 15 is 0 Å². The number of carbonyl (C=O) groups excluding carboxylic acids is 2. The van der Waals surface area contributed by atoms with Gasteiger partial charge in [-0.2, -0.15) is 0 Å². The molecule has 7 aliphatic rings. The molecule has 3 spiro atoms. The number of nitrogens with zero attached hydrogens (tertiary/aromatic N) is 1. The largest absolute Gasteiger partial charge is 0.466 e. The number of nitrogens with one attached hydrogen (secondary N) is 1. The van der Waals surface area contributed by atoms with Crippen molar-refractivity contribution in [3.8, 4) is 11.5 Å². The molecule has 8 nitrogen and oxygen atoms in total. The summed E-state index contributed by atoms with van der Waals surface area (Å²) in [6.07, 6.45) is 5.74. The lowest BCUT2D eigenvalue weighted by Gasteiger charge is -2.68. The first kappa shape index (κ1) is 17.1. The highest BCUT2D eigenvalue weighted by Crippen LogP contribution is 2.74. The lowest BCUT2D eigenvalue weighted by atomic mass is 9.38. The van der Waals surface area contributed by atoms with Crippen LogP contribution in [0.2, 0.25) is 0 Å². The summed E-state index contributed by atoms with van der Waals surface area (Å²) in [7, 11) is 1.22. The van der Waals surface area contributed by atoms with Gasteiger partial charge in [0.25, 0.3) is 0 Å². The molecule has 4 fully saturated rings. The fraction of sp³-hybridized carbons (Fsp3) is 0.545. The Kier molecular flexibility index (Phi) is 2.76. The second-order valence-electron chi connectivity index (χ2n) is 9.34. The highest BCUT2D eigenvalue weighted by atomic mass is 16.7. The molecule has 1 aromatic carbocycles. The highest BCUT2D eigenvalue weighted by Gasteiger charge is 2.87. The Morgan fingerprint density at radius 1 is 1.30 bits per heavy atom. The van der Waals surface area contributed by atoms with Gasteiger partial charge in [-0.15, -0.1) is 0 Å². The van der Waals surface area contributed by atoms with E-state index < -0.39 is 33.7 Å². The number of fused-ring (bicyclic) bond motifs is 5. The van der Waals surface area contributed by atoms with Crippen molar-refractivity contribution in [3.05, 3.63) is 29.8 Å². The molecule has 8 heteroatoms. The number of benzene rings is 1. The van der Waals surface area contributed by atoms with Gasteiger partial charge < -0.3 is 24.6 Å². The van der Waals surface area contributed by atoms with Crippen LogP contribution in [-0.2, 0) is 19.7 Å². The topological polar surface area (TPSA) is 97.3 Å². The highest BCUT2D eigenvalue weighted by molar-refractivity contribution is 6.16. The van der Waals surface area contributed by atoms with Crippen LogP contribution in [0, 0.1) is 5.41 Å². The summed E-state index contributed by atoms with van der Waals surface area (Å²) in [5.41, 5.74) is -3.30. The van der Waals surface area contributed by atoms with Gasteiger partial charge >= 0.3 is 5.97 Å². The Bertz CT molecular complexity index is 1090. The zero-order valence-corrected chi connectivity index (χ0v) is 16.6. The van der Waals surface area contributed by atoms with E-state index in [9.17, 15) is 14.7 Å². The molecule has 0 amide bonds. The van der Waals surface area contributed by atoms with Crippen molar-refractivity contribution < 1.29 is 28.9 Å². The number of methoxy groups -OCH3 is 1. The molecular formula is C22H22N2O6. The molecule has 2 bridgehead atoms. The first-order valence-electron chi connectivity index (χ1n) is 10.4. The van der Waals surface area contributed by atoms with Crippen molar-refractivity contribution in [1.29, 1.82) is 0 Å². The summed E-state index contributed by atoms with van der Waals surface area (Å²) in [6.45, 7) is 1.67. The zero-order chi connectivity index (χ0) is 20.5. The second-order valence-corrected chi connectivity index (χ2v) is 9.34. The molecule has 30 heavy (non-hydrogen) atoms. The molecule has 4 heterocycles. The van der Waals surface area contributed by atoms with Gasteiger partial charge in [0.1, 0.15) is 0 Å². The van der Waals surface area contributed by atoms with Crippen molar-refractivity contribution in [2.75, 3.05) is 32.3 Å². The van der Waals surface area contributed by atoms with Gasteiger partial charge in [0, 0.05) is 18.0 Å². The first-order valence-corrected chi connectivity index (χ1v) is 10.4.